The van der Waals surface area contributed by atoms with Gasteiger partial charge in [-0.15, -0.1) is 0 Å². The lowest BCUT2D eigenvalue weighted by Gasteiger charge is -2.33. The van der Waals surface area contributed by atoms with Crippen LogP contribution in [0.25, 0.3) is 0 Å². The minimum absolute atomic E-state index is 0.0770. The highest BCUT2D eigenvalue weighted by atomic mass is 16.3. The summed E-state index contributed by atoms with van der Waals surface area (Å²) in [5.74, 6) is 1.34. The van der Waals surface area contributed by atoms with Crippen LogP contribution in [0.15, 0.2) is 40.0 Å². The van der Waals surface area contributed by atoms with Gasteiger partial charge in [0.25, 0.3) is 5.56 Å². The van der Waals surface area contributed by atoms with E-state index in [0.29, 0.717) is 18.9 Å². The summed E-state index contributed by atoms with van der Waals surface area (Å²) >= 11 is 0. The third-order valence-corrected chi connectivity index (χ3v) is 4.42. The number of aromatic nitrogens is 2. The van der Waals surface area contributed by atoms with Crippen molar-refractivity contribution in [1.82, 2.24) is 14.5 Å². The highest BCUT2D eigenvalue weighted by Crippen LogP contribution is 2.25. The second kappa shape index (κ2) is 7.46. The molecule has 0 aliphatic carbocycles. The Bertz CT molecular complexity index is 659. The van der Waals surface area contributed by atoms with Gasteiger partial charge in [0.15, 0.2) is 5.82 Å². The first-order valence-corrected chi connectivity index (χ1v) is 8.36. The third-order valence-electron chi connectivity index (χ3n) is 4.42. The Labute approximate surface area is 136 Å². The molecule has 0 bridgehead atoms. The SMILES string of the molecule is CCn1ccnc(NCC(c2ccco2)N2CCCCC2)c1=O. The fourth-order valence-electron chi connectivity index (χ4n) is 3.13. The number of rotatable bonds is 6. The third kappa shape index (κ3) is 3.64. The Hall–Kier alpha value is -2.08. The quantitative estimate of drug-likeness (QED) is 0.887. The summed E-state index contributed by atoms with van der Waals surface area (Å²) in [5.41, 5.74) is -0.0770. The maximum Gasteiger partial charge on any atom is 0.293 e. The van der Waals surface area contributed by atoms with E-state index in [4.69, 9.17) is 4.42 Å². The predicted molar refractivity (Wildman–Crippen MR) is 89.5 cm³/mol. The molecule has 1 aliphatic heterocycles. The maximum atomic E-state index is 12.3. The average Bonchev–Trinajstić information content (AvgIpc) is 3.12. The summed E-state index contributed by atoms with van der Waals surface area (Å²) in [6.07, 6.45) is 8.79. The van der Waals surface area contributed by atoms with Gasteiger partial charge < -0.3 is 14.3 Å². The van der Waals surface area contributed by atoms with E-state index in [0.717, 1.165) is 18.8 Å². The molecular formula is C17H24N4O2. The number of nitrogens with one attached hydrogen (secondary N) is 1. The van der Waals surface area contributed by atoms with Crippen molar-refractivity contribution in [3.63, 3.8) is 0 Å². The van der Waals surface area contributed by atoms with Crippen molar-refractivity contribution in [2.45, 2.75) is 38.8 Å². The molecular weight excluding hydrogens is 292 g/mol. The molecule has 1 saturated heterocycles. The number of hydrogen-bond acceptors (Lipinski definition) is 5. The number of likely N-dealkylation sites (tertiary alicyclic amines) is 1. The van der Waals surface area contributed by atoms with E-state index in [1.165, 1.54) is 19.3 Å². The molecule has 124 valence electrons. The second-order valence-electron chi connectivity index (χ2n) is 5.88. The maximum absolute atomic E-state index is 12.3. The molecule has 2 aromatic heterocycles. The Kier molecular flexibility index (Phi) is 5.12. The highest BCUT2D eigenvalue weighted by Gasteiger charge is 2.24. The lowest BCUT2D eigenvalue weighted by atomic mass is 10.1. The summed E-state index contributed by atoms with van der Waals surface area (Å²) in [4.78, 5) is 18.9. The molecule has 6 nitrogen and oxygen atoms in total. The lowest BCUT2D eigenvalue weighted by Crippen LogP contribution is -2.38. The summed E-state index contributed by atoms with van der Waals surface area (Å²) in [7, 11) is 0. The first-order valence-electron chi connectivity index (χ1n) is 8.36. The van der Waals surface area contributed by atoms with E-state index in [1.807, 2.05) is 19.1 Å². The van der Waals surface area contributed by atoms with Gasteiger partial charge in [0.2, 0.25) is 0 Å². The summed E-state index contributed by atoms with van der Waals surface area (Å²) in [5, 5.41) is 3.23. The van der Waals surface area contributed by atoms with Gasteiger partial charge in [-0.05, 0) is 45.0 Å². The number of anilines is 1. The van der Waals surface area contributed by atoms with E-state index in [1.54, 1.807) is 23.2 Å². The first-order chi connectivity index (χ1) is 11.3. The molecule has 3 rings (SSSR count). The molecule has 1 fully saturated rings. The molecule has 1 aliphatic rings. The van der Waals surface area contributed by atoms with E-state index >= 15 is 0 Å². The van der Waals surface area contributed by atoms with Crippen LogP contribution < -0.4 is 10.9 Å². The van der Waals surface area contributed by atoms with Gasteiger partial charge in [-0.25, -0.2) is 4.98 Å². The van der Waals surface area contributed by atoms with Crippen LogP contribution in [0.3, 0.4) is 0 Å². The van der Waals surface area contributed by atoms with Crippen LogP contribution in [0.2, 0.25) is 0 Å². The Morgan fingerprint density at radius 1 is 1.35 bits per heavy atom. The average molecular weight is 316 g/mol. The van der Waals surface area contributed by atoms with Crippen molar-refractivity contribution in [3.05, 3.63) is 46.9 Å². The smallest absolute Gasteiger partial charge is 0.293 e. The molecule has 0 radical (unpaired) electrons. The van der Waals surface area contributed by atoms with E-state index < -0.39 is 0 Å². The fraction of sp³-hybridized carbons (Fsp3) is 0.529. The van der Waals surface area contributed by atoms with Crippen LogP contribution in [0.5, 0.6) is 0 Å². The van der Waals surface area contributed by atoms with Crippen LogP contribution in [0, 0.1) is 0 Å². The zero-order valence-corrected chi connectivity index (χ0v) is 13.6. The molecule has 1 atom stereocenters. The first kappa shape index (κ1) is 15.8. The molecule has 0 aromatic carbocycles. The van der Waals surface area contributed by atoms with Crippen LogP contribution in [0.4, 0.5) is 5.82 Å². The molecule has 2 aromatic rings. The van der Waals surface area contributed by atoms with E-state index in [-0.39, 0.29) is 11.6 Å². The normalized spacial score (nSPS) is 17.1. The largest absolute Gasteiger partial charge is 0.468 e. The van der Waals surface area contributed by atoms with E-state index in [2.05, 4.69) is 15.2 Å². The van der Waals surface area contributed by atoms with Crippen molar-refractivity contribution in [1.29, 1.82) is 0 Å². The number of aryl methyl sites for hydroxylation is 1. The topological polar surface area (TPSA) is 63.3 Å². The van der Waals surface area contributed by atoms with Crippen molar-refractivity contribution in [3.8, 4) is 0 Å². The number of piperidine rings is 1. The van der Waals surface area contributed by atoms with Crippen LogP contribution in [-0.4, -0.2) is 34.1 Å². The minimum Gasteiger partial charge on any atom is -0.468 e. The van der Waals surface area contributed by atoms with Gasteiger partial charge in [0, 0.05) is 25.5 Å². The standard InChI is InChI=1S/C17H24N4O2/c1-2-20-11-8-18-16(17(20)22)19-13-14(15-7-6-12-23-15)21-9-4-3-5-10-21/h6-8,11-12,14H,2-5,9-10,13H2,1H3,(H,18,19). The second-order valence-corrected chi connectivity index (χ2v) is 5.88. The Morgan fingerprint density at radius 3 is 2.87 bits per heavy atom. The Morgan fingerprint density at radius 2 is 2.17 bits per heavy atom. The lowest BCUT2D eigenvalue weighted by molar-refractivity contribution is 0.152. The van der Waals surface area contributed by atoms with Gasteiger partial charge in [-0.2, -0.15) is 0 Å². The van der Waals surface area contributed by atoms with Gasteiger partial charge in [0.05, 0.1) is 12.3 Å². The molecule has 3 heterocycles. The summed E-state index contributed by atoms with van der Waals surface area (Å²) in [6, 6.07) is 4.04. The van der Waals surface area contributed by atoms with Crippen LogP contribution in [0.1, 0.15) is 38.0 Å². The summed E-state index contributed by atoms with van der Waals surface area (Å²) < 4.78 is 7.28. The Balaban J connectivity index is 1.75. The fourth-order valence-corrected chi connectivity index (χ4v) is 3.13. The van der Waals surface area contributed by atoms with Crippen molar-refractivity contribution >= 4 is 5.82 Å². The monoisotopic (exact) mass is 316 g/mol. The number of furan rings is 1. The van der Waals surface area contributed by atoms with Gasteiger partial charge in [0.1, 0.15) is 5.76 Å². The van der Waals surface area contributed by atoms with Crippen LogP contribution >= 0.6 is 0 Å². The number of hydrogen-bond donors (Lipinski definition) is 1. The van der Waals surface area contributed by atoms with E-state index in [9.17, 15) is 4.79 Å². The van der Waals surface area contributed by atoms with Gasteiger partial charge in [-0.1, -0.05) is 6.42 Å². The summed E-state index contributed by atoms with van der Waals surface area (Å²) in [6.45, 7) is 5.33. The zero-order chi connectivity index (χ0) is 16.1. The van der Waals surface area contributed by atoms with Gasteiger partial charge >= 0.3 is 0 Å². The number of nitrogens with zero attached hydrogens (tertiary/aromatic N) is 3. The van der Waals surface area contributed by atoms with Crippen molar-refractivity contribution in [2.75, 3.05) is 25.0 Å². The highest BCUT2D eigenvalue weighted by molar-refractivity contribution is 5.31. The molecule has 1 N–H and O–H groups in total. The predicted octanol–water partition coefficient (Wildman–Crippen LogP) is 2.50. The molecule has 0 amide bonds. The van der Waals surface area contributed by atoms with Crippen LogP contribution in [-0.2, 0) is 6.54 Å². The van der Waals surface area contributed by atoms with Crippen molar-refractivity contribution < 1.29 is 4.42 Å². The molecule has 23 heavy (non-hydrogen) atoms. The molecule has 0 spiro atoms. The van der Waals surface area contributed by atoms with Crippen molar-refractivity contribution in [2.24, 2.45) is 0 Å². The molecule has 0 saturated carbocycles. The molecule has 6 heteroatoms. The van der Waals surface area contributed by atoms with Gasteiger partial charge in [-0.3, -0.25) is 9.69 Å². The minimum atomic E-state index is -0.0770. The molecule has 1 unspecified atom stereocenters. The zero-order valence-electron chi connectivity index (χ0n) is 13.6.